The molecule has 0 radical (unpaired) electrons. The average molecular weight is 284 g/mol. The van der Waals surface area contributed by atoms with Crippen LogP contribution in [0, 0.1) is 23.4 Å². The van der Waals surface area contributed by atoms with Crippen molar-refractivity contribution < 1.29 is 13.2 Å². The summed E-state index contributed by atoms with van der Waals surface area (Å²) >= 11 is 0. The highest BCUT2D eigenvalue weighted by atomic mass is 19.2. The first-order valence-corrected chi connectivity index (χ1v) is 7.25. The number of hydrogen-bond acceptors (Lipinski definition) is 2. The molecule has 1 saturated heterocycles. The summed E-state index contributed by atoms with van der Waals surface area (Å²) in [4.78, 5) is 2.08. The van der Waals surface area contributed by atoms with Crippen LogP contribution in [0.4, 0.5) is 13.2 Å². The molecule has 0 aromatic heterocycles. The molecule has 0 unspecified atom stereocenters. The van der Waals surface area contributed by atoms with Gasteiger partial charge in [-0.15, -0.1) is 0 Å². The van der Waals surface area contributed by atoms with E-state index in [0.717, 1.165) is 57.6 Å². The van der Waals surface area contributed by atoms with Crippen LogP contribution in [0.15, 0.2) is 12.1 Å². The monoisotopic (exact) mass is 284 g/mol. The van der Waals surface area contributed by atoms with Crippen LogP contribution in [0.3, 0.4) is 0 Å². The van der Waals surface area contributed by atoms with E-state index in [9.17, 15) is 13.2 Å². The second-order valence-electron chi connectivity index (χ2n) is 5.74. The minimum absolute atomic E-state index is 0.0844. The van der Waals surface area contributed by atoms with Gasteiger partial charge in [-0.1, -0.05) is 12.8 Å². The van der Waals surface area contributed by atoms with Crippen LogP contribution in [0.5, 0.6) is 0 Å². The van der Waals surface area contributed by atoms with Crippen LogP contribution in [0.25, 0.3) is 0 Å². The Kier molecular flexibility index (Phi) is 3.98. The molecular weight excluding hydrogens is 265 g/mol. The first kappa shape index (κ1) is 13.9. The number of nitrogens with one attached hydrogen (secondary N) is 1. The lowest BCUT2D eigenvalue weighted by Gasteiger charge is -2.35. The Labute approximate surface area is 117 Å². The van der Waals surface area contributed by atoms with E-state index >= 15 is 0 Å². The fraction of sp³-hybridized carbons (Fsp3) is 0.600. The number of nitrogens with zero attached hydrogens (tertiary/aromatic N) is 1. The second kappa shape index (κ2) is 5.74. The maximum Gasteiger partial charge on any atom is 0.166 e. The second-order valence-corrected chi connectivity index (χ2v) is 5.74. The van der Waals surface area contributed by atoms with Crippen molar-refractivity contribution in [1.82, 2.24) is 10.2 Å². The molecule has 1 aliphatic heterocycles. The minimum Gasteiger partial charge on any atom is -0.314 e. The molecule has 20 heavy (non-hydrogen) atoms. The lowest BCUT2D eigenvalue weighted by atomic mass is 9.97. The third kappa shape index (κ3) is 2.83. The number of benzene rings is 1. The summed E-state index contributed by atoms with van der Waals surface area (Å²) in [6.07, 6.45) is 2.94. The fourth-order valence-corrected chi connectivity index (χ4v) is 2.96. The van der Waals surface area contributed by atoms with Gasteiger partial charge in [-0.2, -0.15) is 0 Å². The molecule has 2 aliphatic rings. The average Bonchev–Trinajstić information content (AvgIpc) is 3.27. The summed E-state index contributed by atoms with van der Waals surface area (Å²) < 4.78 is 41.6. The van der Waals surface area contributed by atoms with Crippen molar-refractivity contribution in [3.63, 3.8) is 0 Å². The highest BCUT2D eigenvalue weighted by molar-refractivity contribution is 5.25. The molecule has 1 aliphatic carbocycles. The molecule has 5 heteroatoms. The van der Waals surface area contributed by atoms with Gasteiger partial charge in [-0.25, -0.2) is 13.2 Å². The number of hydrogen-bond donors (Lipinski definition) is 1. The van der Waals surface area contributed by atoms with Crippen LogP contribution < -0.4 is 5.32 Å². The highest BCUT2D eigenvalue weighted by Gasteiger charge is 2.34. The van der Waals surface area contributed by atoms with Gasteiger partial charge in [0, 0.05) is 37.8 Å². The molecule has 0 spiro atoms. The molecule has 1 saturated carbocycles. The zero-order chi connectivity index (χ0) is 14.1. The molecule has 0 amide bonds. The number of halogens is 3. The molecule has 1 atom stereocenters. The molecule has 1 aromatic carbocycles. The molecule has 3 rings (SSSR count). The van der Waals surface area contributed by atoms with Crippen molar-refractivity contribution in [2.75, 3.05) is 26.2 Å². The summed E-state index contributed by atoms with van der Waals surface area (Å²) in [7, 11) is 0. The minimum atomic E-state index is -1.02. The van der Waals surface area contributed by atoms with Crippen molar-refractivity contribution in [2.24, 2.45) is 5.92 Å². The Hall–Kier alpha value is -1.07. The van der Waals surface area contributed by atoms with Crippen molar-refractivity contribution in [1.29, 1.82) is 0 Å². The Bertz CT molecular complexity index is 482. The van der Waals surface area contributed by atoms with Gasteiger partial charge in [-0.05, 0) is 24.5 Å². The molecule has 110 valence electrons. The zero-order valence-corrected chi connectivity index (χ0v) is 11.3. The molecule has 2 nitrogen and oxygen atoms in total. The van der Waals surface area contributed by atoms with Gasteiger partial charge in [-0.3, -0.25) is 4.90 Å². The summed E-state index contributed by atoms with van der Waals surface area (Å²) in [5.74, 6) is -2.09. The predicted octanol–water partition coefficient (Wildman–Crippen LogP) is 2.85. The van der Waals surface area contributed by atoms with E-state index in [1.165, 1.54) is 0 Å². The molecule has 2 fully saturated rings. The largest absolute Gasteiger partial charge is 0.314 e. The van der Waals surface area contributed by atoms with Crippen LogP contribution in [0.2, 0.25) is 0 Å². The molecule has 0 bridgehead atoms. The Morgan fingerprint density at radius 1 is 1.10 bits per heavy atom. The van der Waals surface area contributed by atoms with E-state index in [1.54, 1.807) is 0 Å². The third-order valence-corrected chi connectivity index (χ3v) is 4.26. The van der Waals surface area contributed by atoms with Crippen LogP contribution >= 0.6 is 0 Å². The van der Waals surface area contributed by atoms with Crippen molar-refractivity contribution in [3.8, 4) is 0 Å². The standard InChI is InChI=1S/C15H19F3N2/c16-11-3-4-12(17)15(18)14(11)13(9-10-1-2-10)20-7-5-19-6-8-20/h3-4,10,13,19H,1-2,5-9H2/t13-/m1/s1. The molecule has 1 N–H and O–H groups in total. The normalized spacial score (nSPS) is 21.9. The van der Waals surface area contributed by atoms with Gasteiger partial charge >= 0.3 is 0 Å². The maximum atomic E-state index is 14.1. The fourth-order valence-electron chi connectivity index (χ4n) is 2.96. The Morgan fingerprint density at radius 2 is 1.75 bits per heavy atom. The summed E-state index contributed by atoms with van der Waals surface area (Å²) in [5, 5.41) is 3.23. The van der Waals surface area contributed by atoms with Gasteiger partial charge in [0.1, 0.15) is 5.82 Å². The van der Waals surface area contributed by atoms with Gasteiger partial charge in [0.25, 0.3) is 0 Å². The summed E-state index contributed by atoms with van der Waals surface area (Å²) in [6.45, 7) is 3.10. The number of rotatable bonds is 4. The number of piperazine rings is 1. The SMILES string of the molecule is Fc1ccc(F)c([C@@H](CC2CC2)N2CCNCC2)c1F. The van der Waals surface area contributed by atoms with Gasteiger partial charge < -0.3 is 5.32 Å². The summed E-state index contributed by atoms with van der Waals surface area (Å²) in [5.41, 5.74) is -0.0844. The van der Waals surface area contributed by atoms with E-state index in [1.807, 2.05) is 0 Å². The lowest BCUT2D eigenvalue weighted by Crippen LogP contribution is -2.45. The van der Waals surface area contributed by atoms with Crippen molar-refractivity contribution in [2.45, 2.75) is 25.3 Å². The van der Waals surface area contributed by atoms with E-state index in [2.05, 4.69) is 10.2 Å². The topological polar surface area (TPSA) is 15.3 Å². The Balaban J connectivity index is 1.93. The quantitative estimate of drug-likeness (QED) is 0.855. The van der Waals surface area contributed by atoms with Crippen LogP contribution in [-0.2, 0) is 0 Å². The van der Waals surface area contributed by atoms with Crippen molar-refractivity contribution in [3.05, 3.63) is 35.1 Å². The van der Waals surface area contributed by atoms with Gasteiger partial charge in [0.15, 0.2) is 11.6 Å². The first-order valence-electron chi connectivity index (χ1n) is 7.25. The van der Waals surface area contributed by atoms with Crippen LogP contribution in [-0.4, -0.2) is 31.1 Å². The molecule has 1 heterocycles. The summed E-state index contributed by atoms with van der Waals surface area (Å²) in [6, 6.07) is 1.55. The third-order valence-electron chi connectivity index (χ3n) is 4.26. The van der Waals surface area contributed by atoms with E-state index < -0.39 is 17.5 Å². The van der Waals surface area contributed by atoms with Gasteiger partial charge in [0.2, 0.25) is 0 Å². The smallest absolute Gasteiger partial charge is 0.166 e. The highest BCUT2D eigenvalue weighted by Crippen LogP contribution is 2.41. The zero-order valence-electron chi connectivity index (χ0n) is 11.3. The van der Waals surface area contributed by atoms with Crippen molar-refractivity contribution >= 4 is 0 Å². The first-order chi connectivity index (χ1) is 9.66. The van der Waals surface area contributed by atoms with E-state index in [-0.39, 0.29) is 11.6 Å². The lowest BCUT2D eigenvalue weighted by molar-refractivity contribution is 0.153. The molecular formula is C15H19F3N2. The van der Waals surface area contributed by atoms with Crippen LogP contribution in [0.1, 0.15) is 30.9 Å². The molecule has 1 aromatic rings. The maximum absolute atomic E-state index is 14.1. The van der Waals surface area contributed by atoms with E-state index in [0.29, 0.717) is 5.92 Å². The van der Waals surface area contributed by atoms with E-state index in [4.69, 9.17) is 0 Å². The Morgan fingerprint density at radius 3 is 2.40 bits per heavy atom. The van der Waals surface area contributed by atoms with Gasteiger partial charge in [0.05, 0.1) is 0 Å². The predicted molar refractivity (Wildman–Crippen MR) is 70.8 cm³/mol.